The largest absolute Gasteiger partial charge is 0.492 e. The van der Waals surface area contributed by atoms with Gasteiger partial charge in [-0.2, -0.15) is 0 Å². The van der Waals surface area contributed by atoms with E-state index in [0.29, 0.717) is 12.3 Å². The standard InChI is InChI=1S/C16H18FNOS/c1-11-3-4-12(2)15(9-11)19-7-8-20-16-6-5-13(17)10-14(16)18/h3-6,9-10H,7-8,18H2,1-2H3. The molecule has 106 valence electrons. The summed E-state index contributed by atoms with van der Waals surface area (Å²) in [6.45, 7) is 4.66. The molecule has 0 aliphatic heterocycles. The molecule has 0 heterocycles. The molecule has 0 bridgehead atoms. The summed E-state index contributed by atoms with van der Waals surface area (Å²) < 4.78 is 18.7. The maximum Gasteiger partial charge on any atom is 0.125 e. The van der Waals surface area contributed by atoms with Gasteiger partial charge in [-0.15, -0.1) is 11.8 Å². The Hall–Kier alpha value is -1.68. The highest BCUT2D eigenvalue weighted by molar-refractivity contribution is 7.99. The van der Waals surface area contributed by atoms with E-state index in [9.17, 15) is 4.39 Å². The van der Waals surface area contributed by atoms with Crippen LogP contribution in [0, 0.1) is 19.7 Å². The van der Waals surface area contributed by atoms with Crippen LogP contribution in [0.2, 0.25) is 0 Å². The van der Waals surface area contributed by atoms with Crippen LogP contribution in [-0.4, -0.2) is 12.4 Å². The van der Waals surface area contributed by atoms with Crippen LogP contribution in [-0.2, 0) is 0 Å². The van der Waals surface area contributed by atoms with Gasteiger partial charge in [0.05, 0.1) is 6.61 Å². The van der Waals surface area contributed by atoms with Crippen molar-refractivity contribution in [1.82, 2.24) is 0 Å². The van der Waals surface area contributed by atoms with Gasteiger partial charge >= 0.3 is 0 Å². The van der Waals surface area contributed by atoms with Crippen LogP contribution in [0.3, 0.4) is 0 Å². The molecule has 2 nitrogen and oxygen atoms in total. The summed E-state index contributed by atoms with van der Waals surface area (Å²) in [4.78, 5) is 0.885. The Morgan fingerprint density at radius 3 is 2.70 bits per heavy atom. The lowest BCUT2D eigenvalue weighted by atomic mass is 10.1. The van der Waals surface area contributed by atoms with Crippen LogP contribution in [0.15, 0.2) is 41.3 Å². The fourth-order valence-corrected chi connectivity index (χ4v) is 2.59. The van der Waals surface area contributed by atoms with Gasteiger partial charge in [0.1, 0.15) is 11.6 Å². The molecule has 0 saturated carbocycles. The maximum atomic E-state index is 12.9. The van der Waals surface area contributed by atoms with E-state index >= 15 is 0 Å². The minimum absolute atomic E-state index is 0.307. The molecule has 0 aliphatic carbocycles. The first kappa shape index (κ1) is 14.7. The molecule has 20 heavy (non-hydrogen) atoms. The fraction of sp³-hybridized carbons (Fsp3) is 0.250. The van der Waals surface area contributed by atoms with Crippen LogP contribution >= 0.6 is 11.8 Å². The summed E-state index contributed by atoms with van der Waals surface area (Å²) in [5.41, 5.74) is 8.54. The van der Waals surface area contributed by atoms with E-state index in [-0.39, 0.29) is 5.82 Å². The van der Waals surface area contributed by atoms with Crippen molar-refractivity contribution in [3.8, 4) is 5.75 Å². The van der Waals surface area contributed by atoms with Crippen molar-refractivity contribution in [3.63, 3.8) is 0 Å². The predicted octanol–water partition coefficient (Wildman–Crippen LogP) is 4.20. The minimum Gasteiger partial charge on any atom is -0.492 e. The van der Waals surface area contributed by atoms with E-state index in [1.165, 1.54) is 17.7 Å². The first-order valence-corrected chi connectivity index (χ1v) is 7.42. The molecule has 0 saturated heterocycles. The molecule has 2 aromatic rings. The molecule has 0 aliphatic rings. The number of halogens is 1. The Labute approximate surface area is 123 Å². The lowest BCUT2D eigenvalue weighted by Gasteiger charge is -2.10. The molecular weight excluding hydrogens is 273 g/mol. The molecular formula is C16H18FNOS. The van der Waals surface area contributed by atoms with Gasteiger partial charge in [0, 0.05) is 16.3 Å². The third-order valence-corrected chi connectivity index (χ3v) is 3.97. The second kappa shape index (κ2) is 6.66. The average molecular weight is 291 g/mol. The smallest absolute Gasteiger partial charge is 0.125 e. The van der Waals surface area contributed by atoms with Crippen LogP contribution in [0.25, 0.3) is 0 Å². The molecule has 0 radical (unpaired) electrons. The average Bonchev–Trinajstić information content (AvgIpc) is 2.40. The molecule has 2 N–H and O–H groups in total. The first-order valence-electron chi connectivity index (χ1n) is 6.44. The highest BCUT2D eigenvalue weighted by Gasteiger charge is 2.03. The van der Waals surface area contributed by atoms with Crippen LogP contribution in [0.4, 0.5) is 10.1 Å². The van der Waals surface area contributed by atoms with Gasteiger partial charge in [-0.1, -0.05) is 12.1 Å². The zero-order chi connectivity index (χ0) is 14.5. The minimum atomic E-state index is -0.307. The number of benzene rings is 2. The zero-order valence-corrected chi connectivity index (χ0v) is 12.5. The van der Waals surface area contributed by atoms with Crippen molar-refractivity contribution in [3.05, 3.63) is 53.3 Å². The molecule has 0 fully saturated rings. The number of hydrogen-bond donors (Lipinski definition) is 1. The fourth-order valence-electron chi connectivity index (χ4n) is 1.82. The van der Waals surface area contributed by atoms with Crippen molar-refractivity contribution in [2.75, 3.05) is 18.1 Å². The van der Waals surface area contributed by atoms with Crippen LogP contribution in [0.5, 0.6) is 5.75 Å². The van der Waals surface area contributed by atoms with Gasteiger partial charge in [-0.25, -0.2) is 4.39 Å². The molecule has 0 unspecified atom stereocenters. The first-order chi connectivity index (χ1) is 9.56. The molecule has 2 aromatic carbocycles. The molecule has 0 spiro atoms. The van der Waals surface area contributed by atoms with Gasteiger partial charge in [0.15, 0.2) is 0 Å². The third-order valence-electron chi connectivity index (χ3n) is 2.91. The van der Waals surface area contributed by atoms with Crippen molar-refractivity contribution < 1.29 is 9.13 Å². The number of ether oxygens (including phenoxy) is 1. The highest BCUT2D eigenvalue weighted by Crippen LogP contribution is 2.26. The van der Waals surface area contributed by atoms with E-state index in [0.717, 1.165) is 22.0 Å². The topological polar surface area (TPSA) is 35.2 Å². The monoisotopic (exact) mass is 291 g/mol. The molecule has 2 rings (SSSR count). The van der Waals surface area contributed by atoms with Gasteiger partial charge in [0.2, 0.25) is 0 Å². The Kier molecular flexibility index (Phi) is 4.90. The summed E-state index contributed by atoms with van der Waals surface area (Å²) in [7, 11) is 0. The number of hydrogen-bond acceptors (Lipinski definition) is 3. The second-order valence-corrected chi connectivity index (χ2v) is 5.78. The summed E-state index contributed by atoms with van der Waals surface area (Å²) in [5, 5.41) is 0. The van der Waals surface area contributed by atoms with E-state index in [4.69, 9.17) is 10.5 Å². The van der Waals surface area contributed by atoms with E-state index in [1.54, 1.807) is 17.8 Å². The van der Waals surface area contributed by atoms with Crippen molar-refractivity contribution >= 4 is 17.4 Å². The number of rotatable bonds is 5. The quantitative estimate of drug-likeness (QED) is 0.509. The summed E-state index contributed by atoms with van der Waals surface area (Å²) in [6.07, 6.45) is 0. The van der Waals surface area contributed by atoms with Gasteiger partial charge in [0.25, 0.3) is 0 Å². The van der Waals surface area contributed by atoms with E-state index in [1.807, 2.05) is 19.9 Å². The summed E-state index contributed by atoms with van der Waals surface area (Å²) >= 11 is 1.57. The third kappa shape index (κ3) is 3.90. The number of anilines is 1. The van der Waals surface area contributed by atoms with Crippen molar-refractivity contribution in [2.24, 2.45) is 0 Å². The molecule has 4 heteroatoms. The van der Waals surface area contributed by atoms with Crippen molar-refractivity contribution in [2.45, 2.75) is 18.7 Å². The predicted molar refractivity (Wildman–Crippen MR) is 82.9 cm³/mol. The number of aryl methyl sites for hydroxylation is 2. The Balaban J connectivity index is 1.86. The lowest BCUT2D eigenvalue weighted by Crippen LogP contribution is -2.02. The summed E-state index contributed by atoms with van der Waals surface area (Å²) in [6, 6.07) is 10.6. The van der Waals surface area contributed by atoms with Gasteiger partial charge < -0.3 is 10.5 Å². The molecule has 0 amide bonds. The number of nitrogens with two attached hydrogens (primary N) is 1. The van der Waals surface area contributed by atoms with Gasteiger partial charge in [-0.05, 0) is 49.2 Å². The zero-order valence-electron chi connectivity index (χ0n) is 11.7. The van der Waals surface area contributed by atoms with Crippen LogP contribution < -0.4 is 10.5 Å². The Morgan fingerprint density at radius 1 is 1.15 bits per heavy atom. The molecule has 0 atom stereocenters. The Bertz CT molecular complexity index is 601. The second-order valence-electron chi connectivity index (χ2n) is 4.65. The summed E-state index contributed by atoms with van der Waals surface area (Å²) in [5.74, 6) is 1.37. The number of thioether (sulfide) groups is 1. The van der Waals surface area contributed by atoms with Crippen molar-refractivity contribution in [1.29, 1.82) is 0 Å². The van der Waals surface area contributed by atoms with E-state index in [2.05, 4.69) is 12.1 Å². The lowest BCUT2D eigenvalue weighted by molar-refractivity contribution is 0.341. The van der Waals surface area contributed by atoms with E-state index < -0.39 is 0 Å². The SMILES string of the molecule is Cc1ccc(C)c(OCCSc2ccc(F)cc2N)c1. The van der Waals surface area contributed by atoms with Crippen LogP contribution in [0.1, 0.15) is 11.1 Å². The highest BCUT2D eigenvalue weighted by atomic mass is 32.2. The normalized spacial score (nSPS) is 10.6. The van der Waals surface area contributed by atoms with Gasteiger partial charge in [-0.3, -0.25) is 0 Å². The number of nitrogen functional groups attached to an aromatic ring is 1. The Morgan fingerprint density at radius 2 is 1.95 bits per heavy atom. The molecule has 0 aromatic heterocycles. The maximum absolute atomic E-state index is 12.9.